The smallest absolute Gasteiger partial charge is 0.339 e. The summed E-state index contributed by atoms with van der Waals surface area (Å²) >= 11 is 0. The summed E-state index contributed by atoms with van der Waals surface area (Å²) in [6.45, 7) is 4.58. The van der Waals surface area contributed by atoms with Gasteiger partial charge >= 0.3 is 6.18 Å². The second kappa shape index (κ2) is 7.59. The Bertz CT molecular complexity index is 1060. The van der Waals surface area contributed by atoms with Crippen LogP contribution in [0.1, 0.15) is 49.1 Å². The van der Waals surface area contributed by atoms with E-state index in [1.165, 1.54) is 17.7 Å². The number of halogens is 3. The molecule has 0 spiro atoms. The monoisotopic (exact) mass is 415 g/mol. The van der Waals surface area contributed by atoms with Gasteiger partial charge in [-0.1, -0.05) is 43.3 Å². The van der Waals surface area contributed by atoms with Crippen LogP contribution >= 0.6 is 0 Å². The van der Waals surface area contributed by atoms with E-state index in [9.17, 15) is 18.0 Å². The molecular weight excluding hydrogens is 395 g/mol. The molecule has 156 valence electrons. The standard InChI is InChI=1S/C22H20F3N3O2/c1-13(2)14-6-8-18(9-7-14)28-12-16(11-19(28)29)21-26-20(27-30-21)15-4-3-5-17(10-15)22(23,24)25/h3-10,13,16H,11-12H2,1-2H3. The molecule has 1 aliphatic rings. The molecule has 1 saturated heterocycles. The van der Waals surface area contributed by atoms with Crippen LogP contribution in [0.5, 0.6) is 0 Å². The summed E-state index contributed by atoms with van der Waals surface area (Å²) in [7, 11) is 0. The molecule has 0 saturated carbocycles. The Hall–Kier alpha value is -3.16. The molecule has 0 N–H and O–H groups in total. The maximum Gasteiger partial charge on any atom is 0.416 e. The number of hydrogen-bond acceptors (Lipinski definition) is 4. The number of benzene rings is 2. The van der Waals surface area contributed by atoms with Crippen LogP contribution < -0.4 is 4.90 Å². The number of anilines is 1. The fourth-order valence-electron chi connectivity index (χ4n) is 3.51. The third-order valence-corrected chi connectivity index (χ3v) is 5.24. The molecule has 0 aliphatic carbocycles. The van der Waals surface area contributed by atoms with Crippen molar-refractivity contribution >= 4 is 11.6 Å². The van der Waals surface area contributed by atoms with Crippen LogP contribution in [0.15, 0.2) is 53.1 Å². The van der Waals surface area contributed by atoms with E-state index in [2.05, 4.69) is 24.0 Å². The van der Waals surface area contributed by atoms with Gasteiger partial charge in [-0.15, -0.1) is 0 Å². The molecule has 1 atom stereocenters. The highest BCUT2D eigenvalue weighted by molar-refractivity contribution is 5.96. The first-order chi connectivity index (χ1) is 14.2. The van der Waals surface area contributed by atoms with Gasteiger partial charge in [0.25, 0.3) is 0 Å². The Balaban J connectivity index is 1.53. The fourth-order valence-corrected chi connectivity index (χ4v) is 3.51. The highest BCUT2D eigenvalue weighted by Crippen LogP contribution is 2.34. The van der Waals surface area contributed by atoms with E-state index < -0.39 is 11.7 Å². The Morgan fingerprint density at radius 1 is 1.13 bits per heavy atom. The minimum Gasteiger partial charge on any atom is -0.339 e. The Morgan fingerprint density at radius 3 is 2.53 bits per heavy atom. The van der Waals surface area contributed by atoms with E-state index in [0.29, 0.717) is 12.5 Å². The van der Waals surface area contributed by atoms with Crippen molar-refractivity contribution in [2.45, 2.75) is 38.3 Å². The lowest BCUT2D eigenvalue weighted by atomic mass is 10.0. The zero-order chi connectivity index (χ0) is 21.5. The normalized spacial score (nSPS) is 17.2. The number of alkyl halides is 3. The van der Waals surface area contributed by atoms with Crippen molar-refractivity contribution in [2.75, 3.05) is 11.4 Å². The van der Waals surface area contributed by atoms with Gasteiger partial charge in [0, 0.05) is 24.2 Å². The predicted molar refractivity (Wildman–Crippen MR) is 105 cm³/mol. The second-order valence-corrected chi connectivity index (χ2v) is 7.69. The van der Waals surface area contributed by atoms with E-state index in [4.69, 9.17) is 4.52 Å². The molecule has 1 aromatic heterocycles. The average molecular weight is 415 g/mol. The van der Waals surface area contributed by atoms with Crippen molar-refractivity contribution < 1.29 is 22.5 Å². The van der Waals surface area contributed by atoms with Crippen LogP contribution in [-0.4, -0.2) is 22.6 Å². The van der Waals surface area contributed by atoms with Crippen molar-refractivity contribution in [3.8, 4) is 11.4 Å². The molecule has 1 aliphatic heterocycles. The SMILES string of the molecule is CC(C)c1ccc(N2CC(c3nc(-c4cccc(C(F)(F)F)c4)no3)CC2=O)cc1. The van der Waals surface area contributed by atoms with Gasteiger partial charge in [-0.2, -0.15) is 18.2 Å². The van der Waals surface area contributed by atoms with E-state index in [-0.39, 0.29) is 35.5 Å². The number of carbonyl (C=O) groups is 1. The van der Waals surface area contributed by atoms with E-state index in [0.717, 1.165) is 17.8 Å². The Labute approximate surface area is 171 Å². The average Bonchev–Trinajstić information content (AvgIpc) is 3.34. The highest BCUT2D eigenvalue weighted by atomic mass is 19.4. The molecule has 1 unspecified atom stereocenters. The summed E-state index contributed by atoms with van der Waals surface area (Å²) in [5.74, 6) is 0.347. The summed E-state index contributed by atoms with van der Waals surface area (Å²) in [6.07, 6.45) is -4.25. The minimum absolute atomic E-state index is 0.0592. The van der Waals surface area contributed by atoms with Crippen LogP contribution in [0.4, 0.5) is 18.9 Å². The molecule has 3 aromatic rings. The second-order valence-electron chi connectivity index (χ2n) is 7.69. The molecule has 30 heavy (non-hydrogen) atoms. The van der Waals surface area contributed by atoms with Gasteiger partial charge in [-0.3, -0.25) is 4.79 Å². The summed E-state index contributed by atoms with van der Waals surface area (Å²) < 4.78 is 44.1. The van der Waals surface area contributed by atoms with Gasteiger partial charge in [0.1, 0.15) is 0 Å². The molecule has 5 nitrogen and oxygen atoms in total. The lowest BCUT2D eigenvalue weighted by molar-refractivity contribution is -0.137. The van der Waals surface area contributed by atoms with Gasteiger partial charge in [0.2, 0.25) is 17.6 Å². The lowest BCUT2D eigenvalue weighted by Gasteiger charge is -2.17. The van der Waals surface area contributed by atoms with Crippen LogP contribution in [0.3, 0.4) is 0 Å². The van der Waals surface area contributed by atoms with Crippen LogP contribution in [0, 0.1) is 0 Å². The summed E-state index contributed by atoms with van der Waals surface area (Å²) in [4.78, 5) is 18.5. The number of carbonyl (C=O) groups excluding carboxylic acids is 1. The van der Waals surface area contributed by atoms with Crippen molar-refractivity contribution in [1.29, 1.82) is 0 Å². The van der Waals surface area contributed by atoms with Gasteiger partial charge < -0.3 is 9.42 Å². The predicted octanol–water partition coefficient (Wildman–Crippen LogP) is 5.40. The van der Waals surface area contributed by atoms with Crippen molar-refractivity contribution in [2.24, 2.45) is 0 Å². The first-order valence-electron chi connectivity index (χ1n) is 9.64. The molecule has 2 aromatic carbocycles. The van der Waals surface area contributed by atoms with Gasteiger partial charge in [-0.25, -0.2) is 0 Å². The Kier molecular flexibility index (Phi) is 5.09. The minimum atomic E-state index is -4.45. The number of nitrogens with zero attached hydrogens (tertiary/aromatic N) is 3. The maximum absolute atomic E-state index is 12.9. The summed E-state index contributed by atoms with van der Waals surface area (Å²) in [5.41, 5.74) is 1.41. The molecule has 4 rings (SSSR count). The van der Waals surface area contributed by atoms with Crippen LogP contribution in [-0.2, 0) is 11.0 Å². The number of rotatable bonds is 4. The van der Waals surface area contributed by atoms with Gasteiger partial charge in [0.05, 0.1) is 11.5 Å². The van der Waals surface area contributed by atoms with Crippen molar-refractivity contribution in [3.63, 3.8) is 0 Å². The van der Waals surface area contributed by atoms with Crippen LogP contribution in [0.2, 0.25) is 0 Å². The molecular formula is C22H20F3N3O2. The summed E-state index contributed by atoms with van der Waals surface area (Å²) in [5, 5.41) is 3.82. The van der Waals surface area contributed by atoms with Gasteiger partial charge in [0.15, 0.2) is 0 Å². The molecule has 1 fully saturated rings. The maximum atomic E-state index is 12.9. The van der Waals surface area contributed by atoms with Crippen molar-refractivity contribution in [1.82, 2.24) is 10.1 Å². The third-order valence-electron chi connectivity index (χ3n) is 5.24. The number of amides is 1. The first kappa shape index (κ1) is 20.1. The molecule has 2 heterocycles. The van der Waals surface area contributed by atoms with Crippen LogP contribution in [0.25, 0.3) is 11.4 Å². The van der Waals surface area contributed by atoms with E-state index >= 15 is 0 Å². The summed E-state index contributed by atoms with van der Waals surface area (Å²) in [6, 6.07) is 12.6. The third kappa shape index (κ3) is 3.94. The zero-order valence-electron chi connectivity index (χ0n) is 16.5. The molecule has 0 radical (unpaired) electrons. The largest absolute Gasteiger partial charge is 0.416 e. The molecule has 8 heteroatoms. The fraction of sp³-hybridized carbons (Fsp3) is 0.318. The first-order valence-corrected chi connectivity index (χ1v) is 9.64. The van der Waals surface area contributed by atoms with E-state index in [1.54, 1.807) is 4.90 Å². The Morgan fingerprint density at radius 2 is 1.87 bits per heavy atom. The number of hydrogen-bond donors (Lipinski definition) is 0. The van der Waals surface area contributed by atoms with Crippen molar-refractivity contribution in [3.05, 3.63) is 65.5 Å². The van der Waals surface area contributed by atoms with Gasteiger partial charge in [-0.05, 0) is 35.7 Å². The topological polar surface area (TPSA) is 59.2 Å². The quantitative estimate of drug-likeness (QED) is 0.573. The number of aromatic nitrogens is 2. The lowest BCUT2D eigenvalue weighted by Crippen LogP contribution is -2.24. The molecule has 0 bridgehead atoms. The van der Waals surface area contributed by atoms with E-state index in [1.807, 2.05) is 24.3 Å². The zero-order valence-corrected chi connectivity index (χ0v) is 16.5. The highest BCUT2D eigenvalue weighted by Gasteiger charge is 2.35. The molecule has 1 amide bonds.